The van der Waals surface area contributed by atoms with Crippen molar-refractivity contribution in [1.29, 1.82) is 0 Å². The normalized spacial score (nSPS) is 44.7. The van der Waals surface area contributed by atoms with E-state index in [2.05, 4.69) is 53.8 Å². The number of fused-ring (bicyclic) bond motifs is 7. The standard InChI is InChI=1S/C43H68N2O7/c1-24(2)33-28(46)19-43(31(47)20-45-21-42(44)22-51-23-42)17-16-40(8)25(34(33)43)10-11-30-39(7)14-13-32(38(5,6)29(39)12-15-41(30,40)9)52-36(50)27-18-26(35(48)49)37(27,3)4/h24-27,29-32,45,47H,10-23,44H2,1-9H3,(H,48,49)/t25-,26+,27-,29+,30-,31+,32+,39+,40-,41-,43+/m1/s1. The molecule has 0 aromatic rings. The molecule has 1 saturated heterocycles. The minimum atomic E-state index is -0.829. The fraction of sp³-hybridized carbons (Fsp3) is 0.884. The van der Waals surface area contributed by atoms with Crippen LogP contribution in [-0.2, 0) is 23.9 Å². The number of carboxylic acid groups (broad SMARTS) is 1. The van der Waals surface area contributed by atoms with E-state index in [1.807, 2.05) is 13.8 Å². The Morgan fingerprint density at radius 3 is 2.19 bits per heavy atom. The first-order valence-corrected chi connectivity index (χ1v) is 20.6. The van der Waals surface area contributed by atoms with Gasteiger partial charge in [0.15, 0.2) is 5.78 Å². The third-order valence-electron chi connectivity index (χ3n) is 17.8. The molecule has 0 spiro atoms. The smallest absolute Gasteiger partial charge is 0.309 e. The quantitative estimate of drug-likeness (QED) is 0.201. The second-order valence-corrected chi connectivity index (χ2v) is 21.1. The molecule has 1 aliphatic heterocycles. The number of carboxylic acids is 1. The summed E-state index contributed by atoms with van der Waals surface area (Å²) in [5, 5.41) is 25.2. The SMILES string of the molecule is CC(C)C1=C2[C@H]3CC[C@@H]4[C@@]5(C)CC[C@H](OC(=O)[C@H]6C[C@@H](C(=O)O)C6(C)C)C(C)(C)[C@@H]5CC[C@@]4(C)[C@]3(C)CC[C@@]2([C@@H](O)CNCC2(N)COC2)CC1=O. The molecule has 7 aliphatic rings. The number of nitrogens with one attached hydrogen (secondary N) is 1. The molecular weight excluding hydrogens is 656 g/mol. The number of allylic oxidation sites excluding steroid dienone is 1. The van der Waals surface area contributed by atoms with E-state index in [9.17, 15) is 24.6 Å². The van der Waals surface area contributed by atoms with Gasteiger partial charge in [0.25, 0.3) is 0 Å². The lowest BCUT2D eigenvalue weighted by atomic mass is 9.33. The van der Waals surface area contributed by atoms with Gasteiger partial charge in [-0.3, -0.25) is 14.4 Å². The Morgan fingerprint density at radius 2 is 1.60 bits per heavy atom. The average Bonchev–Trinajstić information content (AvgIpc) is 3.34. The van der Waals surface area contributed by atoms with Crippen molar-refractivity contribution < 1.29 is 34.1 Å². The van der Waals surface area contributed by atoms with Gasteiger partial charge >= 0.3 is 11.9 Å². The van der Waals surface area contributed by atoms with E-state index in [1.165, 1.54) is 5.57 Å². The number of hydrogen-bond donors (Lipinski definition) is 4. The first-order valence-electron chi connectivity index (χ1n) is 20.6. The second-order valence-electron chi connectivity index (χ2n) is 21.1. The van der Waals surface area contributed by atoms with Crippen LogP contribution in [0.15, 0.2) is 11.1 Å². The maximum Gasteiger partial charge on any atom is 0.309 e. The first kappa shape index (κ1) is 38.5. The van der Waals surface area contributed by atoms with Gasteiger partial charge in [-0.05, 0) is 109 Å². The number of rotatable bonds is 9. The summed E-state index contributed by atoms with van der Waals surface area (Å²) < 4.78 is 11.7. The molecule has 6 fully saturated rings. The summed E-state index contributed by atoms with van der Waals surface area (Å²) in [5.74, 6) is -0.432. The van der Waals surface area contributed by atoms with Crippen LogP contribution in [-0.4, -0.2) is 72.0 Å². The summed E-state index contributed by atoms with van der Waals surface area (Å²) in [6.45, 7) is 22.4. The van der Waals surface area contributed by atoms with E-state index < -0.39 is 28.8 Å². The predicted molar refractivity (Wildman–Crippen MR) is 199 cm³/mol. The monoisotopic (exact) mass is 725 g/mol. The number of hydrogen-bond acceptors (Lipinski definition) is 8. The van der Waals surface area contributed by atoms with Crippen LogP contribution < -0.4 is 11.1 Å². The minimum absolute atomic E-state index is 0.00479. The summed E-state index contributed by atoms with van der Waals surface area (Å²) in [6.07, 6.45) is 7.87. The number of nitrogens with two attached hydrogens (primary N) is 1. The molecule has 0 radical (unpaired) electrons. The largest absolute Gasteiger partial charge is 0.481 e. The van der Waals surface area contributed by atoms with Gasteiger partial charge in [-0.25, -0.2) is 0 Å². The number of aliphatic hydroxyl groups is 1. The number of Topliss-reactive ketones (excluding diaryl/α,β-unsaturated/α-hetero) is 1. The van der Waals surface area contributed by atoms with Crippen LogP contribution in [0.25, 0.3) is 0 Å². The van der Waals surface area contributed by atoms with Crippen LogP contribution in [0, 0.1) is 68.0 Å². The van der Waals surface area contributed by atoms with Crippen molar-refractivity contribution in [3.8, 4) is 0 Å². The Hall–Kier alpha value is -1.81. The number of esters is 1. The number of aliphatic carboxylic acids is 1. The van der Waals surface area contributed by atoms with E-state index in [1.54, 1.807) is 0 Å². The van der Waals surface area contributed by atoms with Crippen LogP contribution in [0.4, 0.5) is 0 Å². The molecule has 5 saturated carbocycles. The van der Waals surface area contributed by atoms with Gasteiger partial charge in [-0.1, -0.05) is 67.9 Å². The Kier molecular flexibility index (Phi) is 9.13. The van der Waals surface area contributed by atoms with Crippen molar-refractivity contribution in [3.63, 3.8) is 0 Å². The molecule has 0 unspecified atom stereocenters. The predicted octanol–water partition coefficient (Wildman–Crippen LogP) is 6.30. The summed E-state index contributed by atoms with van der Waals surface area (Å²) in [6, 6.07) is 0. The zero-order valence-corrected chi connectivity index (χ0v) is 33.5. The summed E-state index contributed by atoms with van der Waals surface area (Å²) >= 11 is 0. The maximum atomic E-state index is 14.0. The van der Waals surface area contributed by atoms with Crippen molar-refractivity contribution in [1.82, 2.24) is 5.32 Å². The van der Waals surface area contributed by atoms with Gasteiger partial charge in [0, 0.05) is 30.3 Å². The van der Waals surface area contributed by atoms with E-state index >= 15 is 0 Å². The van der Waals surface area contributed by atoms with Crippen molar-refractivity contribution in [2.75, 3.05) is 26.3 Å². The van der Waals surface area contributed by atoms with E-state index in [0.29, 0.717) is 51.0 Å². The number of aliphatic hydroxyl groups excluding tert-OH is 1. The summed E-state index contributed by atoms with van der Waals surface area (Å²) in [4.78, 5) is 39.3. The van der Waals surface area contributed by atoms with Crippen LogP contribution in [0.2, 0.25) is 0 Å². The van der Waals surface area contributed by atoms with Crippen LogP contribution in [0.3, 0.4) is 0 Å². The average molecular weight is 725 g/mol. The topological polar surface area (TPSA) is 148 Å². The molecule has 0 aromatic carbocycles. The third kappa shape index (κ3) is 5.23. The molecule has 0 amide bonds. The highest BCUT2D eigenvalue weighted by atomic mass is 16.5. The highest BCUT2D eigenvalue weighted by molar-refractivity contribution is 6.00. The van der Waals surface area contributed by atoms with Gasteiger partial charge in [0.05, 0.1) is 36.7 Å². The van der Waals surface area contributed by atoms with Gasteiger partial charge in [0.2, 0.25) is 0 Å². The molecule has 292 valence electrons. The lowest BCUT2D eigenvalue weighted by Crippen LogP contribution is -2.66. The number of ketones is 1. The Morgan fingerprint density at radius 1 is 0.904 bits per heavy atom. The van der Waals surface area contributed by atoms with Crippen LogP contribution in [0.5, 0.6) is 0 Å². The summed E-state index contributed by atoms with van der Waals surface area (Å²) in [5.41, 5.74) is 7.11. The van der Waals surface area contributed by atoms with Gasteiger partial charge < -0.3 is 30.7 Å². The molecule has 9 heteroatoms. The van der Waals surface area contributed by atoms with E-state index in [0.717, 1.165) is 56.9 Å². The molecule has 52 heavy (non-hydrogen) atoms. The molecule has 0 bridgehead atoms. The minimum Gasteiger partial charge on any atom is -0.481 e. The third-order valence-corrected chi connectivity index (χ3v) is 17.8. The van der Waals surface area contributed by atoms with E-state index in [-0.39, 0.29) is 62.8 Å². The number of carbonyl (C=O) groups is 3. The molecule has 1 heterocycles. The van der Waals surface area contributed by atoms with Crippen molar-refractivity contribution in [3.05, 3.63) is 11.1 Å². The van der Waals surface area contributed by atoms with Crippen molar-refractivity contribution in [2.45, 2.75) is 144 Å². The Labute approximate surface area is 312 Å². The Bertz CT molecular complexity index is 1530. The zero-order valence-electron chi connectivity index (χ0n) is 33.5. The van der Waals surface area contributed by atoms with Gasteiger partial charge in [-0.15, -0.1) is 0 Å². The van der Waals surface area contributed by atoms with Crippen LogP contribution in [0.1, 0.15) is 127 Å². The highest BCUT2D eigenvalue weighted by Gasteiger charge is 2.71. The molecule has 9 nitrogen and oxygen atoms in total. The fourth-order valence-corrected chi connectivity index (χ4v) is 14.4. The zero-order chi connectivity index (χ0) is 38.0. The Balaban J connectivity index is 1.13. The molecule has 5 N–H and O–H groups in total. The summed E-state index contributed by atoms with van der Waals surface area (Å²) in [7, 11) is 0. The molecule has 11 atom stereocenters. The highest BCUT2D eigenvalue weighted by Crippen LogP contribution is 2.77. The molecule has 7 rings (SSSR count). The lowest BCUT2D eigenvalue weighted by Gasteiger charge is -2.72. The van der Waals surface area contributed by atoms with Crippen LogP contribution >= 0.6 is 0 Å². The van der Waals surface area contributed by atoms with Gasteiger partial charge in [0.1, 0.15) is 6.10 Å². The lowest BCUT2D eigenvalue weighted by molar-refractivity contribution is -0.238. The molecule has 6 aliphatic carbocycles. The molecule has 0 aromatic heterocycles. The first-order chi connectivity index (χ1) is 24.1. The molecular formula is C43H68N2O7. The van der Waals surface area contributed by atoms with Crippen molar-refractivity contribution in [2.24, 2.45) is 73.7 Å². The number of ether oxygens (including phenoxy) is 2. The van der Waals surface area contributed by atoms with Gasteiger partial charge in [-0.2, -0.15) is 0 Å². The van der Waals surface area contributed by atoms with Crippen molar-refractivity contribution >= 4 is 17.7 Å². The maximum absolute atomic E-state index is 14.0. The second kappa shape index (κ2) is 12.3. The fourth-order valence-electron chi connectivity index (χ4n) is 14.4. The van der Waals surface area contributed by atoms with E-state index in [4.69, 9.17) is 15.2 Å². The number of carbonyl (C=O) groups excluding carboxylic acids is 2.